The Morgan fingerprint density at radius 3 is 2.68 bits per heavy atom. The molecule has 2 amide bonds. The summed E-state index contributed by atoms with van der Waals surface area (Å²) in [7, 11) is 0. The van der Waals surface area contributed by atoms with Gasteiger partial charge < -0.3 is 15.7 Å². The second-order valence-corrected chi connectivity index (χ2v) is 5.77. The number of carbonyl (C=O) groups is 1. The Labute approximate surface area is 118 Å². The summed E-state index contributed by atoms with van der Waals surface area (Å²) in [6.45, 7) is 0.00456. The van der Waals surface area contributed by atoms with Crippen molar-refractivity contribution in [2.45, 2.75) is 36.1 Å². The van der Waals surface area contributed by atoms with E-state index >= 15 is 0 Å². The summed E-state index contributed by atoms with van der Waals surface area (Å²) in [5.41, 5.74) is 0.372. The molecule has 0 atom stereocenters. The van der Waals surface area contributed by atoms with E-state index in [2.05, 4.69) is 10.6 Å². The first-order valence-electron chi connectivity index (χ1n) is 6.52. The van der Waals surface area contributed by atoms with E-state index in [1.165, 1.54) is 0 Å². The Hall–Kier alpha value is -1.20. The van der Waals surface area contributed by atoms with Crippen LogP contribution in [0.5, 0.6) is 0 Å². The van der Waals surface area contributed by atoms with Crippen LogP contribution in [0.3, 0.4) is 0 Å². The number of anilines is 1. The maximum atomic E-state index is 12.1. The molecular formula is C14H20N2O2S. The highest BCUT2D eigenvalue weighted by Crippen LogP contribution is 2.29. The zero-order valence-electron chi connectivity index (χ0n) is 11.1. The van der Waals surface area contributed by atoms with E-state index in [9.17, 15) is 9.90 Å². The van der Waals surface area contributed by atoms with Crippen molar-refractivity contribution in [2.24, 2.45) is 0 Å². The highest BCUT2D eigenvalue weighted by molar-refractivity contribution is 7.98. The van der Waals surface area contributed by atoms with Gasteiger partial charge in [-0.05, 0) is 31.2 Å². The Balaban J connectivity index is 2.01. The fourth-order valence-corrected chi connectivity index (χ4v) is 3.07. The minimum absolute atomic E-state index is 0.00456. The van der Waals surface area contributed by atoms with Gasteiger partial charge in [-0.3, -0.25) is 0 Å². The van der Waals surface area contributed by atoms with E-state index in [4.69, 9.17) is 0 Å². The lowest BCUT2D eigenvalue weighted by atomic mass is 9.99. The number of rotatable bonds is 4. The Morgan fingerprint density at radius 2 is 2.05 bits per heavy atom. The molecule has 0 radical (unpaired) electrons. The van der Waals surface area contributed by atoms with Crippen molar-refractivity contribution in [1.82, 2.24) is 5.32 Å². The number of urea groups is 1. The van der Waals surface area contributed by atoms with Crippen LogP contribution in [-0.2, 0) is 0 Å². The Kier molecular flexibility index (Phi) is 4.71. The summed E-state index contributed by atoms with van der Waals surface area (Å²) in [6, 6.07) is 7.45. The van der Waals surface area contributed by atoms with Crippen LogP contribution in [-0.4, -0.2) is 29.5 Å². The van der Waals surface area contributed by atoms with Crippen molar-refractivity contribution < 1.29 is 9.90 Å². The first-order valence-corrected chi connectivity index (χ1v) is 7.75. The van der Waals surface area contributed by atoms with E-state index in [0.717, 1.165) is 36.3 Å². The molecule has 0 bridgehead atoms. The normalized spacial score (nSPS) is 17.2. The lowest BCUT2D eigenvalue weighted by molar-refractivity contribution is 0.167. The van der Waals surface area contributed by atoms with Gasteiger partial charge >= 0.3 is 6.03 Å². The maximum Gasteiger partial charge on any atom is 0.319 e. The molecule has 2 rings (SSSR count). The molecule has 1 aromatic rings. The number of hydrogen-bond donors (Lipinski definition) is 3. The molecule has 0 spiro atoms. The first kappa shape index (κ1) is 14.2. The van der Waals surface area contributed by atoms with Gasteiger partial charge in [0.2, 0.25) is 0 Å². The highest BCUT2D eigenvalue weighted by atomic mass is 32.2. The third-order valence-corrected chi connectivity index (χ3v) is 4.39. The van der Waals surface area contributed by atoms with Crippen molar-refractivity contribution in [2.75, 3.05) is 18.2 Å². The van der Waals surface area contributed by atoms with Crippen LogP contribution in [0, 0.1) is 0 Å². The molecule has 5 heteroatoms. The highest BCUT2D eigenvalue weighted by Gasteiger charge is 2.34. The molecule has 1 aliphatic rings. The van der Waals surface area contributed by atoms with E-state index in [0.29, 0.717) is 0 Å². The summed E-state index contributed by atoms with van der Waals surface area (Å²) in [4.78, 5) is 13.1. The molecule has 1 aliphatic carbocycles. The van der Waals surface area contributed by atoms with Crippen LogP contribution in [0.25, 0.3) is 0 Å². The van der Waals surface area contributed by atoms with Crippen LogP contribution in [0.15, 0.2) is 29.2 Å². The lowest BCUT2D eigenvalue weighted by Crippen LogP contribution is -2.50. The first-order chi connectivity index (χ1) is 9.19. The summed E-state index contributed by atoms with van der Waals surface area (Å²) < 4.78 is 0. The molecule has 0 aliphatic heterocycles. The SMILES string of the molecule is CSc1ccccc1NC(=O)NC1(CO)CCCC1. The number of thioether (sulfide) groups is 1. The van der Waals surface area contributed by atoms with E-state index < -0.39 is 5.54 Å². The van der Waals surface area contributed by atoms with Gasteiger partial charge in [-0.15, -0.1) is 11.8 Å². The summed E-state index contributed by atoms with van der Waals surface area (Å²) in [6.07, 6.45) is 5.79. The zero-order chi connectivity index (χ0) is 13.7. The molecule has 104 valence electrons. The monoisotopic (exact) mass is 280 g/mol. The summed E-state index contributed by atoms with van der Waals surface area (Å²) in [5, 5.41) is 15.3. The fraction of sp³-hybridized carbons (Fsp3) is 0.500. The number of benzene rings is 1. The minimum atomic E-state index is -0.432. The largest absolute Gasteiger partial charge is 0.394 e. The third-order valence-electron chi connectivity index (χ3n) is 3.60. The summed E-state index contributed by atoms with van der Waals surface area (Å²) >= 11 is 1.59. The summed E-state index contributed by atoms with van der Waals surface area (Å²) in [5.74, 6) is 0. The van der Waals surface area contributed by atoms with Crippen molar-refractivity contribution in [1.29, 1.82) is 0 Å². The number of aliphatic hydroxyl groups is 1. The predicted molar refractivity (Wildman–Crippen MR) is 78.7 cm³/mol. The molecule has 1 fully saturated rings. The number of nitrogens with one attached hydrogen (secondary N) is 2. The van der Waals surface area contributed by atoms with Gasteiger partial charge in [0.1, 0.15) is 0 Å². The standard InChI is InChI=1S/C14H20N2O2S/c1-19-12-7-3-2-6-11(12)15-13(18)16-14(10-17)8-4-5-9-14/h2-3,6-7,17H,4-5,8-10H2,1H3,(H2,15,16,18). The average Bonchev–Trinajstić information content (AvgIpc) is 2.88. The van der Waals surface area contributed by atoms with Gasteiger partial charge in [0, 0.05) is 4.90 Å². The van der Waals surface area contributed by atoms with Crippen molar-refractivity contribution in [3.8, 4) is 0 Å². The Morgan fingerprint density at radius 1 is 1.37 bits per heavy atom. The second kappa shape index (κ2) is 6.30. The molecule has 1 saturated carbocycles. The van der Waals surface area contributed by atoms with Crippen LogP contribution in [0.4, 0.5) is 10.5 Å². The molecule has 3 N–H and O–H groups in total. The zero-order valence-corrected chi connectivity index (χ0v) is 11.9. The minimum Gasteiger partial charge on any atom is -0.394 e. The second-order valence-electron chi connectivity index (χ2n) is 4.92. The van der Waals surface area contributed by atoms with E-state index in [1.807, 2.05) is 30.5 Å². The van der Waals surface area contributed by atoms with Gasteiger partial charge in [0.05, 0.1) is 17.8 Å². The molecule has 0 aromatic heterocycles. The molecular weight excluding hydrogens is 260 g/mol. The van der Waals surface area contributed by atoms with Crippen LogP contribution >= 0.6 is 11.8 Å². The van der Waals surface area contributed by atoms with Gasteiger partial charge in [0.15, 0.2) is 0 Å². The fourth-order valence-electron chi connectivity index (χ4n) is 2.52. The van der Waals surface area contributed by atoms with Gasteiger partial charge in [-0.1, -0.05) is 25.0 Å². The van der Waals surface area contributed by atoms with Crippen molar-refractivity contribution in [3.05, 3.63) is 24.3 Å². The average molecular weight is 280 g/mol. The van der Waals surface area contributed by atoms with Crippen molar-refractivity contribution in [3.63, 3.8) is 0 Å². The third kappa shape index (κ3) is 3.42. The lowest BCUT2D eigenvalue weighted by Gasteiger charge is -2.28. The maximum absolute atomic E-state index is 12.1. The molecule has 19 heavy (non-hydrogen) atoms. The quantitative estimate of drug-likeness (QED) is 0.743. The van der Waals surface area contributed by atoms with Crippen molar-refractivity contribution >= 4 is 23.5 Å². The number of aliphatic hydroxyl groups excluding tert-OH is 1. The Bertz CT molecular complexity index is 445. The van der Waals surface area contributed by atoms with E-state index in [1.54, 1.807) is 11.8 Å². The molecule has 1 aromatic carbocycles. The predicted octanol–water partition coefficient (Wildman–Crippen LogP) is 2.84. The topological polar surface area (TPSA) is 61.4 Å². The van der Waals surface area contributed by atoms with Crippen LogP contribution in [0.2, 0.25) is 0 Å². The van der Waals surface area contributed by atoms with Gasteiger partial charge in [-0.25, -0.2) is 4.79 Å². The van der Waals surface area contributed by atoms with Crippen LogP contribution < -0.4 is 10.6 Å². The van der Waals surface area contributed by atoms with Crippen LogP contribution in [0.1, 0.15) is 25.7 Å². The molecule has 0 saturated heterocycles. The molecule has 0 unspecified atom stereocenters. The number of hydrogen-bond acceptors (Lipinski definition) is 3. The number of carbonyl (C=O) groups excluding carboxylic acids is 1. The van der Waals surface area contributed by atoms with E-state index in [-0.39, 0.29) is 12.6 Å². The number of amides is 2. The smallest absolute Gasteiger partial charge is 0.319 e. The van der Waals surface area contributed by atoms with Gasteiger partial charge in [0.25, 0.3) is 0 Å². The molecule has 0 heterocycles. The number of para-hydroxylation sites is 1. The molecule has 4 nitrogen and oxygen atoms in total. The van der Waals surface area contributed by atoms with Gasteiger partial charge in [-0.2, -0.15) is 0 Å².